The molecule has 6 rings (SSSR count). The Labute approximate surface area is 259 Å². The molecular formula is C36H32BrN3O3. The molecule has 4 aromatic carbocycles. The number of benzene rings is 4. The second-order valence-electron chi connectivity index (χ2n) is 10.6. The van der Waals surface area contributed by atoms with E-state index in [1.165, 1.54) is 0 Å². The molecule has 0 bridgehead atoms. The Morgan fingerprint density at radius 2 is 1.42 bits per heavy atom. The average Bonchev–Trinajstić information content (AvgIpc) is 3.71. The summed E-state index contributed by atoms with van der Waals surface area (Å²) in [4.78, 5) is 27.7. The first kappa shape index (κ1) is 28.6. The lowest BCUT2D eigenvalue weighted by Crippen LogP contribution is -2.37. The van der Waals surface area contributed by atoms with Crippen LogP contribution in [0.4, 0.5) is 0 Å². The fourth-order valence-electron chi connectivity index (χ4n) is 5.91. The van der Waals surface area contributed by atoms with Crippen molar-refractivity contribution in [2.75, 3.05) is 6.61 Å². The van der Waals surface area contributed by atoms with Gasteiger partial charge in [-0.3, -0.25) is 0 Å². The molecule has 216 valence electrons. The fourth-order valence-corrected chi connectivity index (χ4v) is 6.17. The molecule has 0 saturated carbocycles. The van der Waals surface area contributed by atoms with Crippen LogP contribution in [0.25, 0.3) is 0 Å². The Kier molecular flexibility index (Phi) is 8.25. The molecule has 43 heavy (non-hydrogen) atoms. The van der Waals surface area contributed by atoms with E-state index in [9.17, 15) is 4.79 Å². The molecule has 0 aliphatic carbocycles. The van der Waals surface area contributed by atoms with Crippen LogP contribution in [0.3, 0.4) is 0 Å². The number of aryl methyl sites for hydroxylation is 1. The van der Waals surface area contributed by atoms with Crippen LogP contribution in [-0.4, -0.2) is 28.3 Å². The molecule has 0 saturated heterocycles. The SMILES string of the molecule is CCOC(=O)C1(c2ccc(Br)cc2)CC(CCc2cnc(C(c3ccccc3)(c3ccccc3)c3ccccc3)[nH]2)=NO1. The minimum absolute atomic E-state index is 0.263. The Hall–Kier alpha value is -4.49. The summed E-state index contributed by atoms with van der Waals surface area (Å²) in [6.07, 6.45) is 3.50. The van der Waals surface area contributed by atoms with Crippen molar-refractivity contribution >= 4 is 27.6 Å². The molecule has 0 radical (unpaired) electrons. The van der Waals surface area contributed by atoms with Gasteiger partial charge in [0.25, 0.3) is 5.60 Å². The van der Waals surface area contributed by atoms with Crippen LogP contribution in [0.1, 0.15) is 53.5 Å². The number of H-pyrrole nitrogens is 1. The van der Waals surface area contributed by atoms with Crippen molar-refractivity contribution in [3.8, 4) is 0 Å². The second-order valence-corrected chi connectivity index (χ2v) is 11.5. The van der Waals surface area contributed by atoms with E-state index in [2.05, 4.69) is 98.9 Å². The number of ether oxygens (including phenoxy) is 1. The van der Waals surface area contributed by atoms with Crippen molar-refractivity contribution < 1.29 is 14.4 Å². The molecule has 2 heterocycles. The van der Waals surface area contributed by atoms with Gasteiger partial charge in [0.2, 0.25) is 0 Å². The quantitative estimate of drug-likeness (QED) is 0.126. The maximum absolute atomic E-state index is 13.1. The van der Waals surface area contributed by atoms with Gasteiger partial charge >= 0.3 is 5.97 Å². The van der Waals surface area contributed by atoms with Gasteiger partial charge in [-0.05, 0) is 48.6 Å². The lowest BCUT2D eigenvalue weighted by Gasteiger charge is -2.34. The fraction of sp³-hybridized carbons (Fsp3) is 0.194. The number of halogens is 1. The summed E-state index contributed by atoms with van der Waals surface area (Å²) in [6, 6.07) is 39.0. The van der Waals surface area contributed by atoms with Gasteiger partial charge in [0.05, 0.1) is 12.3 Å². The number of rotatable bonds is 10. The number of hydrogen-bond acceptors (Lipinski definition) is 5. The molecule has 7 heteroatoms. The summed E-state index contributed by atoms with van der Waals surface area (Å²) in [5.41, 5.74) is 3.93. The summed E-state index contributed by atoms with van der Waals surface area (Å²) in [5, 5.41) is 4.37. The highest BCUT2D eigenvalue weighted by atomic mass is 79.9. The largest absolute Gasteiger partial charge is 0.463 e. The lowest BCUT2D eigenvalue weighted by atomic mass is 9.69. The monoisotopic (exact) mass is 633 g/mol. The minimum Gasteiger partial charge on any atom is -0.463 e. The number of esters is 1. The van der Waals surface area contributed by atoms with E-state index >= 15 is 0 Å². The molecule has 1 unspecified atom stereocenters. The third-order valence-corrected chi connectivity index (χ3v) is 8.51. The van der Waals surface area contributed by atoms with Crippen molar-refractivity contribution in [1.29, 1.82) is 0 Å². The number of carbonyl (C=O) groups excluding carboxylic acids is 1. The van der Waals surface area contributed by atoms with Crippen LogP contribution in [-0.2, 0) is 31.8 Å². The smallest absolute Gasteiger partial charge is 0.358 e. The number of carbonyl (C=O) groups is 1. The van der Waals surface area contributed by atoms with E-state index in [1.54, 1.807) is 6.92 Å². The zero-order valence-corrected chi connectivity index (χ0v) is 25.5. The molecule has 0 amide bonds. The minimum atomic E-state index is -1.28. The Bertz CT molecular complexity index is 1610. The third-order valence-electron chi connectivity index (χ3n) is 7.99. The van der Waals surface area contributed by atoms with Gasteiger partial charge in [-0.1, -0.05) is 124 Å². The number of nitrogens with one attached hydrogen (secondary N) is 1. The van der Waals surface area contributed by atoms with Gasteiger partial charge in [-0.25, -0.2) is 9.78 Å². The van der Waals surface area contributed by atoms with Crippen LogP contribution < -0.4 is 0 Å². The predicted molar refractivity (Wildman–Crippen MR) is 171 cm³/mol. The van der Waals surface area contributed by atoms with Crippen LogP contribution in [0, 0.1) is 0 Å². The Morgan fingerprint density at radius 1 is 0.860 bits per heavy atom. The first-order valence-electron chi connectivity index (χ1n) is 14.4. The Morgan fingerprint density at radius 3 is 1.95 bits per heavy atom. The molecule has 1 aliphatic heterocycles. The van der Waals surface area contributed by atoms with Crippen LogP contribution in [0.2, 0.25) is 0 Å². The number of aromatic amines is 1. The predicted octanol–water partition coefficient (Wildman–Crippen LogP) is 7.72. The zero-order chi connectivity index (χ0) is 29.7. The molecule has 1 N–H and O–H groups in total. The summed E-state index contributed by atoms with van der Waals surface area (Å²) in [7, 11) is 0. The molecule has 0 spiro atoms. The van der Waals surface area contributed by atoms with Crippen LogP contribution >= 0.6 is 15.9 Å². The van der Waals surface area contributed by atoms with E-state index in [-0.39, 0.29) is 6.61 Å². The summed E-state index contributed by atoms with van der Waals surface area (Å²) < 4.78 is 6.35. The van der Waals surface area contributed by atoms with Gasteiger partial charge in [0.15, 0.2) is 0 Å². The first-order chi connectivity index (χ1) is 21.1. The highest BCUT2D eigenvalue weighted by molar-refractivity contribution is 9.10. The topological polar surface area (TPSA) is 76.6 Å². The van der Waals surface area contributed by atoms with Gasteiger partial charge in [-0.2, -0.15) is 0 Å². The van der Waals surface area contributed by atoms with Crippen molar-refractivity contribution in [3.05, 3.63) is 160 Å². The number of oxime groups is 1. The maximum Gasteiger partial charge on any atom is 0.358 e. The maximum atomic E-state index is 13.1. The number of nitrogens with zero attached hydrogens (tertiary/aromatic N) is 2. The van der Waals surface area contributed by atoms with Gasteiger partial charge in [0, 0.05) is 28.3 Å². The summed E-state index contributed by atoms with van der Waals surface area (Å²) in [6.45, 7) is 2.05. The van der Waals surface area contributed by atoms with E-state index in [4.69, 9.17) is 14.6 Å². The molecule has 1 atom stereocenters. The summed E-state index contributed by atoms with van der Waals surface area (Å²) in [5.74, 6) is 0.407. The normalized spacial score (nSPS) is 16.4. The Balaban J connectivity index is 1.31. The lowest BCUT2D eigenvalue weighted by molar-refractivity contribution is -0.170. The molecular weight excluding hydrogens is 602 g/mol. The molecule has 5 aromatic rings. The number of imidazole rings is 1. The third kappa shape index (κ3) is 5.41. The van der Waals surface area contributed by atoms with Crippen LogP contribution in [0.15, 0.2) is 131 Å². The van der Waals surface area contributed by atoms with E-state index in [0.29, 0.717) is 19.3 Å². The molecule has 0 fully saturated rings. The zero-order valence-electron chi connectivity index (χ0n) is 23.9. The van der Waals surface area contributed by atoms with Crippen LogP contribution in [0.5, 0.6) is 0 Å². The summed E-state index contributed by atoms with van der Waals surface area (Å²) >= 11 is 3.47. The highest BCUT2D eigenvalue weighted by Crippen LogP contribution is 2.44. The molecule has 6 nitrogen and oxygen atoms in total. The first-order valence-corrected chi connectivity index (χ1v) is 15.2. The van der Waals surface area contributed by atoms with E-state index in [0.717, 1.165) is 44.0 Å². The van der Waals surface area contributed by atoms with E-state index in [1.807, 2.05) is 48.7 Å². The van der Waals surface area contributed by atoms with Gasteiger partial charge in [0.1, 0.15) is 11.2 Å². The number of aromatic nitrogens is 2. The molecule has 1 aliphatic rings. The highest BCUT2D eigenvalue weighted by Gasteiger charge is 2.49. The second kappa shape index (κ2) is 12.4. The van der Waals surface area contributed by atoms with Gasteiger partial charge < -0.3 is 14.6 Å². The number of hydrogen-bond donors (Lipinski definition) is 1. The van der Waals surface area contributed by atoms with Crippen molar-refractivity contribution in [2.24, 2.45) is 5.16 Å². The van der Waals surface area contributed by atoms with Crippen molar-refractivity contribution in [2.45, 2.75) is 37.2 Å². The average molecular weight is 635 g/mol. The van der Waals surface area contributed by atoms with E-state index < -0.39 is 17.0 Å². The molecule has 1 aromatic heterocycles. The van der Waals surface area contributed by atoms with Crippen molar-refractivity contribution in [3.63, 3.8) is 0 Å². The van der Waals surface area contributed by atoms with Gasteiger partial charge in [-0.15, -0.1) is 0 Å². The van der Waals surface area contributed by atoms with Crippen molar-refractivity contribution in [1.82, 2.24) is 9.97 Å². The standard InChI is InChI=1S/C36H32BrN3O3/c1-2-42-34(41)35(26-18-20-30(37)21-19-26)24-31(40-43-35)22-23-32-25-38-33(39-32)36(27-12-6-3-7-13-27,28-14-8-4-9-15-28)29-16-10-5-11-17-29/h3-21,25H,2,22-24H2,1H3,(H,38,39).